The molecule has 2 aromatic rings. The van der Waals surface area contributed by atoms with E-state index in [0.717, 1.165) is 22.9 Å². The number of rotatable bonds is 7. The van der Waals surface area contributed by atoms with Gasteiger partial charge in [-0.2, -0.15) is 0 Å². The van der Waals surface area contributed by atoms with Crippen LogP contribution in [0.1, 0.15) is 43.0 Å². The molecule has 0 spiro atoms. The molecule has 2 atom stereocenters. The molecule has 0 aliphatic rings. The Balaban J connectivity index is 2.32. The van der Waals surface area contributed by atoms with E-state index >= 15 is 0 Å². The minimum atomic E-state index is -3.63. The van der Waals surface area contributed by atoms with Crippen molar-refractivity contribution in [3.8, 4) is 0 Å². The number of amides is 1. The summed E-state index contributed by atoms with van der Waals surface area (Å²) in [6.45, 7) is 7.42. The van der Waals surface area contributed by atoms with E-state index in [2.05, 4.69) is 5.32 Å². The van der Waals surface area contributed by atoms with Crippen molar-refractivity contribution in [3.63, 3.8) is 0 Å². The van der Waals surface area contributed by atoms with E-state index in [1.807, 2.05) is 57.2 Å². The summed E-state index contributed by atoms with van der Waals surface area (Å²) in [6, 6.07) is 14.2. The van der Waals surface area contributed by atoms with Gasteiger partial charge >= 0.3 is 0 Å². The van der Waals surface area contributed by atoms with Crippen LogP contribution in [-0.2, 0) is 14.8 Å². The number of anilines is 1. The van der Waals surface area contributed by atoms with Gasteiger partial charge in [0.15, 0.2) is 0 Å². The molecular weight excluding hydrogens is 360 g/mol. The fourth-order valence-corrected chi connectivity index (χ4v) is 4.44. The average Bonchev–Trinajstić information content (AvgIpc) is 2.58. The van der Waals surface area contributed by atoms with Crippen molar-refractivity contribution >= 4 is 21.6 Å². The highest BCUT2D eigenvalue weighted by atomic mass is 32.2. The molecule has 0 saturated heterocycles. The molecule has 27 heavy (non-hydrogen) atoms. The van der Waals surface area contributed by atoms with Crippen LogP contribution in [0.3, 0.4) is 0 Å². The quantitative estimate of drug-likeness (QED) is 0.786. The molecule has 2 rings (SSSR count). The molecule has 146 valence electrons. The lowest BCUT2D eigenvalue weighted by molar-refractivity contribution is -0.122. The first-order valence-corrected chi connectivity index (χ1v) is 10.9. The van der Waals surface area contributed by atoms with E-state index in [1.165, 1.54) is 4.31 Å². The number of sulfonamides is 1. The number of nitrogens with one attached hydrogen (secondary N) is 1. The number of carbonyl (C=O) groups is 1. The first-order valence-electron chi connectivity index (χ1n) is 9.06. The Labute approximate surface area is 162 Å². The van der Waals surface area contributed by atoms with Gasteiger partial charge in [0.25, 0.3) is 0 Å². The predicted octanol–water partition coefficient (Wildman–Crippen LogP) is 3.73. The van der Waals surface area contributed by atoms with E-state index in [1.54, 1.807) is 19.1 Å². The average molecular weight is 389 g/mol. The molecule has 0 radical (unpaired) electrons. The highest BCUT2D eigenvalue weighted by Crippen LogP contribution is 2.25. The van der Waals surface area contributed by atoms with Crippen molar-refractivity contribution < 1.29 is 13.2 Å². The van der Waals surface area contributed by atoms with Gasteiger partial charge in [-0.25, -0.2) is 8.42 Å². The monoisotopic (exact) mass is 388 g/mol. The van der Waals surface area contributed by atoms with E-state index in [0.29, 0.717) is 12.1 Å². The van der Waals surface area contributed by atoms with Crippen molar-refractivity contribution in [2.75, 3.05) is 10.6 Å². The summed E-state index contributed by atoms with van der Waals surface area (Å²) in [5, 5.41) is 2.99. The lowest BCUT2D eigenvalue weighted by atomic mass is 10.0. The topological polar surface area (TPSA) is 66.5 Å². The summed E-state index contributed by atoms with van der Waals surface area (Å²) in [5.74, 6) is -0.324. The van der Waals surface area contributed by atoms with Crippen LogP contribution in [0.2, 0.25) is 0 Å². The standard InChI is InChI=1S/C21H28N2O3S/c1-6-20(18-10-8-7-9-11-18)22-21(24)17(4)23(27(5,25)26)19-13-15(2)12-16(3)14-19/h7-14,17,20H,6H2,1-5H3,(H,22,24). The SMILES string of the molecule is CCC(NC(=O)C(C)N(c1cc(C)cc(C)c1)S(C)(=O)=O)c1ccccc1. The molecule has 0 bridgehead atoms. The number of aryl methyl sites for hydroxylation is 2. The van der Waals surface area contributed by atoms with E-state index in [-0.39, 0.29) is 11.9 Å². The van der Waals surface area contributed by atoms with Crippen LogP contribution in [0.25, 0.3) is 0 Å². The van der Waals surface area contributed by atoms with Crippen LogP contribution in [0, 0.1) is 13.8 Å². The van der Waals surface area contributed by atoms with Crippen molar-refractivity contribution in [1.29, 1.82) is 0 Å². The summed E-state index contributed by atoms with van der Waals surface area (Å²) < 4.78 is 26.1. The Kier molecular flexibility index (Phi) is 6.65. The van der Waals surface area contributed by atoms with Gasteiger partial charge < -0.3 is 5.32 Å². The lowest BCUT2D eigenvalue weighted by Gasteiger charge is -2.30. The lowest BCUT2D eigenvalue weighted by Crippen LogP contribution is -2.48. The van der Waals surface area contributed by atoms with Gasteiger partial charge in [0.2, 0.25) is 15.9 Å². The number of benzene rings is 2. The Morgan fingerprint density at radius 3 is 2.11 bits per heavy atom. The van der Waals surface area contributed by atoms with Crippen molar-refractivity contribution in [2.45, 2.75) is 46.2 Å². The van der Waals surface area contributed by atoms with Gasteiger partial charge in [0.05, 0.1) is 18.0 Å². The summed E-state index contributed by atoms with van der Waals surface area (Å²) in [5.41, 5.74) is 3.40. The van der Waals surface area contributed by atoms with Crippen LogP contribution in [-0.4, -0.2) is 26.6 Å². The molecule has 0 aliphatic carbocycles. The maximum Gasteiger partial charge on any atom is 0.244 e. The number of carbonyl (C=O) groups excluding carboxylic acids is 1. The van der Waals surface area contributed by atoms with Crippen molar-refractivity contribution in [2.24, 2.45) is 0 Å². The zero-order valence-electron chi connectivity index (χ0n) is 16.6. The molecule has 0 heterocycles. The molecule has 0 saturated carbocycles. The number of hydrogen-bond acceptors (Lipinski definition) is 3. The predicted molar refractivity (Wildman–Crippen MR) is 110 cm³/mol. The molecule has 0 aromatic heterocycles. The number of hydrogen-bond donors (Lipinski definition) is 1. The summed E-state index contributed by atoms with van der Waals surface area (Å²) in [4.78, 5) is 12.9. The maximum atomic E-state index is 12.9. The summed E-state index contributed by atoms with van der Waals surface area (Å²) >= 11 is 0. The minimum absolute atomic E-state index is 0.165. The second-order valence-corrected chi connectivity index (χ2v) is 8.82. The smallest absolute Gasteiger partial charge is 0.244 e. The highest BCUT2D eigenvalue weighted by molar-refractivity contribution is 7.92. The fourth-order valence-electron chi connectivity index (χ4n) is 3.29. The van der Waals surface area contributed by atoms with Crippen LogP contribution >= 0.6 is 0 Å². The molecule has 1 N–H and O–H groups in total. The first-order chi connectivity index (χ1) is 12.6. The molecule has 6 heteroatoms. The molecule has 2 aromatic carbocycles. The summed E-state index contributed by atoms with van der Waals surface area (Å²) in [7, 11) is -3.63. The third-order valence-electron chi connectivity index (χ3n) is 4.48. The van der Waals surface area contributed by atoms with Gasteiger partial charge in [0, 0.05) is 0 Å². The molecule has 1 amide bonds. The van der Waals surface area contributed by atoms with Crippen LogP contribution < -0.4 is 9.62 Å². The van der Waals surface area contributed by atoms with Crippen molar-refractivity contribution in [1.82, 2.24) is 5.32 Å². The van der Waals surface area contributed by atoms with Gasteiger partial charge in [-0.05, 0) is 56.0 Å². The molecule has 5 nitrogen and oxygen atoms in total. The Morgan fingerprint density at radius 2 is 1.63 bits per heavy atom. The Hall–Kier alpha value is -2.34. The van der Waals surface area contributed by atoms with E-state index < -0.39 is 16.1 Å². The minimum Gasteiger partial charge on any atom is -0.347 e. The van der Waals surface area contributed by atoms with Gasteiger partial charge in [-0.15, -0.1) is 0 Å². The molecule has 2 unspecified atom stereocenters. The van der Waals surface area contributed by atoms with E-state index in [4.69, 9.17) is 0 Å². The van der Waals surface area contributed by atoms with E-state index in [9.17, 15) is 13.2 Å². The fraction of sp³-hybridized carbons (Fsp3) is 0.381. The van der Waals surface area contributed by atoms with Gasteiger partial charge in [0.1, 0.15) is 6.04 Å². The van der Waals surface area contributed by atoms with Crippen LogP contribution in [0.4, 0.5) is 5.69 Å². The maximum absolute atomic E-state index is 12.9. The zero-order valence-corrected chi connectivity index (χ0v) is 17.4. The second kappa shape index (κ2) is 8.57. The van der Waals surface area contributed by atoms with Gasteiger partial charge in [-0.1, -0.05) is 43.3 Å². The van der Waals surface area contributed by atoms with Crippen LogP contribution in [0.15, 0.2) is 48.5 Å². The van der Waals surface area contributed by atoms with Crippen LogP contribution in [0.5, 0.6) is 0 Å². The van der Waals surface area contributed by atoms with Gasteiger partial charge in [-0.3, -0.25) is 9.10 Å². The largest absolute Gasteiger partial charge is 0.347 e. The second-order valence-electron chi connectivity index (χ2n) is 6.96. The third kappa shape index (κ3) is 5.32. The zero-order chi connectivity index (χ0) is 20.2. The number of nitrogens with zero attached hydrogens (tertiary/aromatic N) is 1. The van der Waals surface area contributed by atoms with Crippen molar-refractivity contribution in [3.05, 3.63) is 65.2 Å². The Bertz CT molecular complexity index is 875. The first kappa shape index (κ1) is 21.0. The molecule has 0 fully saturated rings. The molecular formula is C21H28N2O3S. The molecule has 0 aliphatic heterocycles. The highest BCUT2D eigenvalue weighted by Gasteiger charge is 2.30. The normalized spacial score (nSPS) is 13.7. The Morgan fingerprint density at radius 1 is 1.07 bits per heavy atom. The third-order valence-corrected chi connectivity index (χ3v) is 5.72. The summed E-state index contributed by atoms with van der Waals surface area (Å²) in [6.07, 6.45) is 1.84.